The molecule has 1 amide bonds. The van der Waals surface area contributed by atoms with Gasteiger partial charge in [0.2, 0.25) is 0 Å². The van der Waals surface area contributed by atoms with Gasteiger partial charge in [0.1, 0.15) is 0 Å². The highest BCUT2D eigenvalue weighted by Crippen LogP contribution is 2.38. The molecule has 0 saturated carbocycles. The fourth-order valence-corrected chi connectivity index (χ4v) is 5.04. The Morgan fingerprint density at radius 1 is 1.09 bits per heavy atom. The number of nitrogens with zero attached hydrogens (tertiary/aromatic N) is 1. The molecular formula is C27H30N4O3. The van der Waals surface area contributed by atoms with Gasteiger partial charge in [0.25, 0.3) is 5.91 Å². The SMILES string of the molecule is CC(=N)c1c(N)ccc2nc(-c3ccc(C(=O)NOC4CCCCO4)cc3)c3c(c12)CCCC3. The summed E-state index contributed by atoms with van der Waals surface area (Å²) in [5.41, 5.74) is 16.4. The monoisotopic (exact) mass is 458 g/mol. The lowest BCUT2D eigenvalue weighted by molar-refractivity contribution is -0.186. The topological polar surface area (TPSA) is 110 Å². The van der Waals surface area contributed by atoms with Crippen LogP contribution in [-0.2, 0) is 22.4 Å². The minimum absolute atomic E-state index is 0.296. The lowest BCUT2D eigenvalue weighted by Gasteiger charge is -2.23. The van der Waals surface area contributed by atoms with Crippen molar-refractivity contribution in [3.05, 3.63) is 58.7 Å². The van der Waals surface area contributed by atoms with Gasteiger partial charge in [0, 0.05) is 46.5 Å². The molecule has 34 heavy (non-hydrogen) atoms. The molecule has 2 heterocycles. The fraction of sp³-hybridized carbons (Fsp3) is 0.370. The first-order chi connectivity index (χ1) is 16.5. The van der Waals surface area contributed by atoms with Crippen molar-refractivity contribution < 1.29 is 14.4 Å². The van der Waals surface area contributed by atoms with Crippen molar-refractivity contribution >= 4 is 28.2 Å². The molecule has 0 spiro atoms. The van der Waals surface area contributed by atoms with Crippen LogP contribution in [0.25, 0.3) is 22.2 Å². The van der Waals surface area contributed by atoms with Gasteiger partial charge in [-0.05, 0) is 80.8 Å². The first-order valence-electron chi connectivity index (χ1n) is 12.0. The van der Waals surface area contributed by atoms with E-state index in [0.29, 0.717) is 23.6 Å². The molecule has 1 aromatic heterocycles. The maximum absolute atomic E-state index is 12.5. The van der Waals surface area contributed by atoms with Crippen molar-refractivity contribution in [1.29, 1.82) is 5.41 Å². The number of aryl methyl sites for hydroxylation is 1. The van der Waals surface area contributed by atoms with Crippen molar-refractivity contribution in [2.75, 3.05) is 12.3 Å². The molecule has 1 atom stereocenters. The number of amides is 1. The quantitative estimate of drug-likeness (QED) is 0.285. The summed E-state index contributed by atoms with van der Waals surface area (Å²) in [6.45, 7) is 2.44. The number of nitrogens with one attached hydrogen (secondary N) is 2. The van der Waals surface area contributed by atoms with Gasteiger partial charge >= 0.3 is 0 Å². The second kappa shape index (κ2) is 9.52. The number of benzene rings is 2. The van der Waals surface area contributed by atoms with E-state index >= 15 is 0 Å². The van der Waals surface area contributed by atoms with E-state index in [-0.39, 0.29) is 12.2 Å². The number of carbonyl (C=O) groups is 1. The molecule has 4 N–H and O–H groups in total. The molecule has 7 heteroatoms. The van der Waals surface area contributed by atoms with Gasteiger partial charge in [0.15, 0.2) is 6.29 Å². The van der Waals surface area contributed by atoms with Crippen LogP contribution < -0.4 is 11.2 Å². The van der Waals surface area contributed by atoms with Crippen LogP contribution in [0.2, 0.25) is 0 Å². The van der Waals surface area contributed by atoms with Gasteiger partial charge in [-0.3, -0.25) is 4.79 Å². The highest BCUT2D eigenvalue weighted by atomic mass is 16.8. The standard InChI is InChI=1S/C27H30N4O3/c1-16(28)24-21(29)13-14-22-25(24)19-6-2-3-7-20(19)26(30-22)17-9-11-18(12-10-17)27(32)31-34-23-8-4-5-15-33-23/h9-14,23,28H,2-8,15,29H2,1H3,(H,31,32). The smallest absolute Gasteiger partial charge is 0.274 e. The van der Waals surface area contributed by atoms with Crippen LogP contribution >= 0.6 is 0 Å². The Balaban J connectivity index is 1.47. The number of hydroxylamine groups is 1. The van der Waals surface area contributed by atoms with E-state index in [9.17, 15) is 4.79 Å². The number of pyridine rings is 1. The summed E-state index contributed by atoms with van der Waals surface area (Å²) in [7, 11) is 0. The minimum Gasteiger partial charge on any atom is -0.398 e. The summed E-state index contributed by atoms with van der Waals surface area (Å²) in [5.74, 6) is -0.296. The molecule has 0 radical (unpaired) electrons. The number of hydrogen-bond acceptors (Lipinski definition) is 6. The van der Waals surface area contributed by atoms with Crippen molar-refractivity contribution in [2.45, 2.75) is 58.2 Å². The number of ether oxygens (including phenoxy) is 1. The van der Waals surface area contributed by atoms with Gasteiger partial charge in [-0.25, -0.2) is 15.3 Å². The van der Waals surface area contributed by atoms with E-state index in [0.717, 1.165) is 72.7 Å². The Morgan fingerprint density at radius 2 is 1.85 bits per heavy atom. The predicted molar refractivity (Wildman–Crippen MR) is 133 cm³/mol. The fourth-order valence-electron chi connectivity index (χ4n) is 5.04. The zero-order valence-corrected chi connectivity index (χ0v) is 19.4. The number of nitrogen functional groups attached to an aromatic ring is 1. The Kier molecular flexibility index (Phi) is 6.30. The molecule has 1 saturated heterocycles. The normalized spacial score (nSPS) is 17.9. The van der Waals surface area contributed by atoms with Crippen LogP contribution in [-0.4, -0.2) is 29.5 Å². The predicted octanol–water partition coefficient (Wildman–Crippen LogP) is 4.94. The molecule has 1 fully saturated rings. The van der Waals surface area contributed by atoms with Gasteiger partial charge in [-0.1, -0.05) is 12.1 Å². The third-order valence-electron chi connectivity index (χ3n) is 6.72. The number of anilines is 1. The van der Waals surface area contributed by atoms with Gasteiger partial charge in [0.05, 0.1) is 11.2 Å². The average molecular weight is 459 g/mol. The van der Waals surface area contributed by atoms with Crippen LogP contribution in [0.5, 0.6) is 0 Å². The summed E-state index contributed by atoms with van der Waals surface area (Å²) in [4.78, 5) is 23.0. The molecule has 2 aromatic carbocycles. The van der Waals surface area contributed by atoms with Crippen LogP contribution in [0.4, 0.5) is 5.69 Å². The summed E-state index contributed by atoms with van der Waals surface area (Å²) in [6.07, 6.45) is 6.57. The number of nitrogens with two attached hydrogens (primary N) is 1. The van der Waals surface area contributed by atoms with Crippen molar-refractivity contribution in [3.8, 4) is 11.3 Å². The maximum Gasteiger partial charge on any atom is 0.274 e. The maximum atomic E-state index is 12.5. The highest BCUT2D eigenvalue weighted by molar-refractivity contribution is 6.13. The highest BCUT2D eigenvalue weighted by Gasteiger charge is 2.23. The van der Waals surface area contributed by atoms with Crippen LogP contribution in [0.3, 0.4) is 0 Å². The van der Waals surface area contributed by atoms with E-state index in [4.69, 9.17) is 25.7 Å². The Morgan fingerprint density at radius 3 is 2.56 bits per heavy atom. The summed E-state index contributed by atoms with van der Waals surface area (Å²) in [6, 6.07) is 11.3. The van der Waals surface area contributed by atoms with E-state index < -0.39 is 0 Å². The van der Waals surface area contributed by atoms with Crippen molar-refractivity contribution in [3.63, 3.8) is 0 Å². The molecule has 2 aliphatic rings. The number of rotatable bonds is 5. The lowest BCUT2D eigenvalue weighted by Crippen LogP contribution is -2.33. The van der Waals surface area contributed by atoms with E-state index in [1.165, 1.54) is 11.1 Å². The van der Waals surface area contributed by atoms with E-state index in [1.54, 1.807) is 19.1 Å². The lowest BCUT2D eigenvalue weighted by atomic mass is 9.84. The molecule has 0 bridgehead atoms. The third kappa shape index (κ3) is 4.29. The van der Waals surface area contributed by atoms with Crippen molar-refractivity contribution in [2.24, 2.45) is 0 Å². The average Bonchev–Trinajstić information content (AvgIpc) is 2.87. The third-order valence-corrected chi connectivity index (χ3v) is 6.72. The molecule has 3 aromatic rings. The second-order valence-corrected chi connectivity index (χ2v) is 9.10. The number of hydrogen-bond donors (Lipinski definition) is 3. The summed E-state index contributed by atoms with van der Waals surface area (Å²) >= 11 is 0. The van der Waals surface area contributed by atoms with E-state index in [1.807, 2.05) is 24.3 Å². The van der Waals surface area contributed by atoms with E-state index in [2.05, 4.69) is 5.48 Å². The molecule has 1 aliphatic carbocycles. The molecule has 5 rings (SSSR count). The number of aromatic nitrogens is 1. The largest absolute Gasteiger partial charge is 0.398 e. The van der Waals surface area contributed by atoms with Gasteiger partial charge in [-0.15, -0.1) is 0 Å². The van der Waals surface area contributed by atoms with Crippen LogP contribution in [0.15, 0.2) is 36.4 Å². The van der Waals surface area contributed by atoms with Crippen molar-refractivity contribution in [1.82, 2.24) is 10.5 Å². The second-order valence-electron chi connectivity index (χ2n) is 9.10. The Bertz CT molecular complexity index is 1250. The molecule has 1 aliphatic heterocycles. The van der Waals surface area contributed by atoms with Gasteiger partial charge < -0.3 is 15.9 Å². The Labute approximate surface area is 199 Å². The van der Waals surface area contributed by atoms with Gasteiger partial charge in [-0.2, -0.15) is 0 Å². The summed E-state index contributed by atoms with van der Waals surface area (Å²) < 4.78 is 5.49. The molecule has 176 valence electrons. The molecule has 7 nitrogen and oxygen atoms in total. The number of carbonyl (C=O) groups excluding carboxylic acids is 1. The Hall–Kier alpha value is -3.29. The van der Waals surface area contributed by atoms with Crippen LogP contribution in [0, 0.1) is 5.41 Å². The first-order valence-corrected chi connectivity index (χ1v) is 12.0. The zero-order chi connectivity index (χ0) is 23.7. The summed E-state index contributed by atoms with van der Waals surface area (Å²) in [5, 5.41) is 9.31. The first kappa shape index (κ1) is 22.5. The van der Waals surface area contributed by atoms with Crippen LogP contribution in [0.1, 0.15) is 66.1 Å². The number of fused-ring (bicyclic) bond motifs is 3. The zero-order valence-electron chi connectivity index (χ0n) is 19.4. The molecular weight excluding hydrogens is 428 g/mol. The molecule has 1 unspecified atom stereocenters. The minimum atomic E-state index is -0.381.